The minimum Gasteiger partial charge on any atom is -0.479 e. The molecule has 0 saturated carbocycles. The van der Waals surface area contributed by atoms with Crippen molar-refractivity contribution < 1.29 is 14.7 Å². The Labute approximate surface area is 151 Å². The van der Waals surface area contributed by atoms with E-state index in [1.54, 1.807) is 24.4 Å². The summed E-state index contributed by atoms with van der Waals surface area (Å²) < 4.78 is 0. The normalized spacial score (nSPS) is 12.0. The van der Waals surface area contributed by atoms with Gasteiger partial charge in [0.25, 0.3) is 5.91 Å². The number of benzene rings is 1. The maximum absolute atomic E-state index is 13.2. The summed E-state index contributed by atoms with van der Waals surface area (Å²) in [6.07, 6.45) is 3.02. The topological polar surface area (TPSA) is 83.4 Å². The molecular weight excluding hydrogens is 330 g/mol. The number of aromatic nitrogens is 2. The Morgan fingerprint density at radius 3 is 2.58 bits per heavy atom. The molecule has 0 radical (unpaired) electrons. The number of aryl methyl sites for hydroxylation is 2. The lowest BCUT2D eigenvalue weighted by molar-refractivity contribution is -0.142. The highest BCUT2D eigenvalue weighted by Crippen LogP contribution is 2.25. The largest absolute Gasteiger partial charge is 0.479 e. The summed E-state index contributed by atoms with van der Waals surface area (Å²) in [4.78, 5) is 34.6. The summed E-state index contributed by atoms with van der Waals surface area (Å²) in [5.41, 5.74) is 3.30. The van der Waals surface area contributed by atoms with Gasteiger partial charge in [0.1, 0.15) is 0 Å². The van der Waals surface area contributed by atoms with E-state index < -0.39 is 12.0 Å². The first kappa shape index (κ1) is 17.5. The molecule has 0 fully saturated rings. The molecule has 26 heavy (non-hydrogen) atoms. The molecule has 6 heteroatoms. The molecule has 0 spiro atoms. The Bertz CT molecular complexity index is 986. The smallest absolute Gasteiger partial charge is 0.331 e. The number of fused-ring (bicyclic) bond motifs is 1. The first-order chi connectivity index (χ1) is 12.4. The van der Waals surface area contributed by atoms with E-state index in [-0.39, 0.29) is 5.91 Å². The number of carbonyl (C=O) groups excluding carboxylic acids is 1. The van der Waals surface area contributed by atoms with Crippen LogP contribution in [0.2, 0.25) is 0 Å². The van der Waals surface area contributed by atoms with E-state index in [9.17, 15) is 14.7 Å². The zero-order valence-corrected chi connectivity index (χ0v) is 14.8. The summed E-state index contributed by atoms with van der Waals surface area (Å²) in [5, 5.41) is 10.4. The van der Waals surface area contributed by atoms with Crippen LogP contribution in [0, 0.1) is 13.8 Å². The van der Waals surface area contributed by atoms with E-state index in [1.165, 1.54) is 18.1 Å². The zero-order valence-electron chi connectivity index (χ0n) is 14.8. The zero-order chi connectivity index (χ0) is 18.8. The van der Waals surface area contributed by atoms with Gasteiger partial charge in [-0.15, -0.1) is 0 Å². The molecule has 2 aromatic heterocycles. The van der Waals surface area contributed by atoms with Crippen LogP contribution in [0.4, 0.5) is 0 Å². The van der Waals surface area contributed by atoms with Crippen LogP contribution < -0.4 is 0 Å². The quantitative estimate of drug-likeness (QED) is 0.782. The predicted octanol–water partition coefficient (Wildman–Crippen LogP) is 3.14. The van der Waals surface area contributed by atoms with E-state index in [2.05, 4.69) is 9.97 Å². The fourth-order valence-corrected chi connectivity index (χ4v) is 3.03. The summed E-state index contributed by atoms with van der Waals surface area (Å²) in [5.74, 6) is -1.48. The molecule has 3 aromatic rings. The Kier molecular flexibility index (Phi) is 4.67. The molecule has 0 bridgehead atoms. The van der Waals surface area contributed by atoms with Crippen molar-refractivity contribution in [2.24, 2.45) is 0 Å². The average Bonchev–Trinajstić information content (AvgIpc) is 2.61. The molecule has 0 aliphatic rings. The molecule has 0 saturated heterocycles. The van der Waals surface area contributed by atoms with Crippen molar-refractivity contribution in [3.05, 3.63) is 71.2 Å². The van der Waals surface area contributed by atoms with Crippen molar-refractivity contribution in [1.82, 2.24) is 14.9 Å². The number of nitrogens with zero attached hydrogens (tertiary/aromatic N) is 3. The number of carbonyl (C=O) groups is 2. The lowest BCUT2D eigenvalue weighted by Gasteiger charge is -2.25. The van der Waals surface area contributed by atoms with Gasteiger partial charge in [0.15, 0.2) is 6.04 Å². The Balaban J connectivity index is 2.09. The van der Waals surface area contributed by atoms with E-state index in [4.69, 9.17) is 0 Å². The molecule has 1 amide bonds. The fourth-order valence-electron chi connectivity index (χ4n) is 3.03. The van der Waals surface area contributed by atoms with Crippen LogP contribution in [-0.2, 0) is 4.79 Å². The number of aliphatic carboxylic acids is 1. The van der Waals surface area contributed by atoms with E-state index in [0.29, 0.717) is 27.7 Å². The average molecular weight is 349 g/mol. The van der Waals surface area contributed by atoms with E-state index >= 15 is 0 Å². The fraction of sp³-hybridized carbons (Fsp3) is 0.200. The van der Waals surface area contributed by atoms with Crippen molar-refractivity contribution in [2.45, 2.75) is 19.9 Å². The number of likely N-dealkylation sites (N-methyl/N-ethyl adjacent to an activating group) is 1. The van der Waals surface area contributed by atoms with Crippen molar-refractivity contribution >= 4 is 22.8 Å². The standard InChI is InChI=1S/C20H19N3O3/c1-12-6-7-17-15(9-12)16(10-13(2)22-17)19(24)23(3)18(20(25)26)14-5-4-8-21-11-14/h4-11,18H,1-3H3,(H,25,26)/t18-/m0/s1. The highest BCUT2D eigenvalue weighted by molar-refractivity contribution is 6.07. The van der Waals surface area contributed by atoms with Crippen LogP contribution in [0.1, 0.15) is 33.2 Å². The monoisotopic (exact) mass is 349 g/mol. The third-order valence-corrected chi connectivity index (χ3v) is 4.26. The maximum atomic E-state index is 13.2. The molecule has 3 rings (SSSR count). The summed E-state index contributed by atoms with van der Waals surface area (Å²) in [6.45, 7) is 3.75. The Morgan fingerprint density at radius 1 is 1.15 bits per heavy atom. The van der Waals surface area contributed by atoms with E-state index in [0.717, 1.165) is 5.56 Å². The molecule has 2 heterocycles. The Hall–Kier alpha value is -3.28. The molecule has 132 valence electrons. The number of carboxylic acids is 1. The molecule has 1 N–H and O–H groups in total. The molecule has 0 aliphatic heterocycles. The van der Waals surface area contributed by atoms with Gasteiger partial charge in [0.05, 0.1) is 11.1 Å². The predicted molar refractivity (Wildman–Crippen MR) is 97.9 cm³/mol. The van der Waals surface area contributed by atoms with Crippen molar-refractivity contribution in [1.29, 1.82) is 0 Å². The molecule has 0 unspecified atom stereocenters. The second kappa shape index (κ2) is 6.92. The third kappa shape index (κ3) is 3.26. The summed E-state index contributed by atoms with van der Waals surface area (Å²) in [7, 11) is 1.49. The lowest BCUT2D eigenvalue weighted by Crippen LogP contribution is -2.36. The molecular formula is C20H19N3O3. The van der Waals surface area contributed by atoms with Gasteiger partial charge in [-0.2, -0.15) is 0 Å². The van der Waals surface area contributed by atoms with Crippen LogP contribution in [0.15, 0.2) is 48.8 Å². The highest BCUT2D eigenvalue weighted by Gasteiger charge is 2.30. The minimum absolute atomic E-state index is 0.373. The van der Waals surface area contributed by atoms with Crippen molar-refractivity contribution in [3.63, 3.8) is 0 Å². The van der Waals surface area contributed by atoms with Gasteiger partial charge in [-0.05, 0) is 38.1 Å². The first-order valence-corrected chi connectivity index (χ1v) is 8.16. The van der Waals surface area contributed by atoms with Crippen LogP contribution >= 0.6 is 0 Å². The van der Waals surface area contributed by atoms with Gasteiger partial charge < -0.3 is 10.0 Å². The van der Waals surface area contributed by atoms with Gasteiger partial charge in [0, 0.05) is 36.1 Å². The molecule has 1 atom stereocenters. The number of rotatable bonds is 4. The first-order valence-electron chi connectivity index (χ1n) is 8.16. The summed E-state index contributed by atoms with van der Waals surface area (Å²) >= 11 is 0. The molecule has 1 aromatic carbocycles. The minimum atomic E-state index is -1.12. The van der Waals surface area contributed by atoms with Crippen LogP contribution in [0.3, 0.4) is 0 Å². The second-order valence-electron chi connectivity index (χ2n) is 6.27. The van der Waals surface area contributed by atoms with Crippen LogP contribution in [0.5, 0.6) is 0 Å². The van der Waals surface area contributed by atoms with E-state index in [1.807, 2.05) is 32.0 Å². The lowest BCUT2D eigenvalue weighted by atomic mass is 10.0. The van der Waals surface area contributed by atoms with Crippen molar-refractivity contribution in [3.8, 4) is 0 Å². The highest BCUT2D eigenvalue weighted by atomic mass is 16.4. The Morgan fingerprint density at radius 2 is 1.92 bits per heavy atom. The number of hydrogen-bond donors (Lipinski definition) is 1. The van der Waals surface area contributed by atoms with Gasteiger partial charge in [0.2, 0.25) is 0 Å². The van der Waals surface area contributed by atoms with Gasteiger partial charge in [-0.3, -0.25) is 14.8 Å². The van der Waals surface area contributed by atoms with Crippen molar-refractivity contribution in [2.75, 3.05) is 7.05 Å². The number of amides is 1. The number of carboxylic acid groups (broad SMARTS) is 1. The number of pyridine rings is 2. The molecule has 0 aliphatic carbocycles. The van der Waals surface area contributed by atoms with Gasteiger partial charge in [-0.1, -0.05) is 17.7 Å². The van der Waals surface area contributed by atoms with Gasteiger partial charge >= 0.3 is 5.97 Å². The second-order valence-corrected chi connectivity index (χ2v) is 6.27. The third-order valence-electron chi connectivity index (χ3n) is 4.26. The molecule has 6 nitrogen and oxygen atoms in total. The van der Waals surface area contributed by atoms with Crippen LogP contribution in [0.25, 0.3) is 10.9 Å². The number of hydrogen-bond acceptors (Lipinski definition) is 4. The summed E-state index contributed by atoms with van der Waals surface area (Å²) in [6, 6.07) is 9.57. The van der Waals surface area contributed by atoms with Crippen LogP contribution in [-0.4, -0.2) is 38.9 Å². The maximum Gasteiger partial charge on any atom is 0.331 e. The SMILES string of the molecule is Cc1ccc2nc(C)cc(C(=O)N(C)[C@H](C(=O)O)c3cccnc3)c2c1. The van der Waals surface area contributed by atoms with Gasteiger partial charge in [-0.25, -0.2) is 4.79 Å².